The van der Waals surface area contributed by atoms with Gasteiger partial charge in [0.25, 0.3) is 0 Å². The van der Waals surface area contributed by atoms with Crippen LogP contribution >= 0.6 is 11.6 Å². The highest BCUT2D eigenvalue weighted by Crippen LogP contribution is 1.96. The fraction of sp³-hybridized carbons (Fsp3) is 0.889. The summed E-state index contributed by atoms with van der Waals surface area (Å²) in [6.45, 7) is 2.93. The number of rotatable bonds is 7. The van der Waals surface area contributed by atoms with E-state index >= 15 is 0 Å². The maximum absolute atomic E-state index is 11.0. The molecule has 0 atom stereocenters. The number of carbonyl (C=O) groups is 1. The van der Waals surface area contributed by atoms with Crippen LogP contribution in [0.5, 0.6) is 0 Å². The molecule has 1 N–H and O–H groups in total. The topological polar surface area (TPSA) is 29.1 Å². The lowest BCUT2D eigenvalue weighted by atomic mass is 10.2. The normalized spacial score (nSPS) is 9.83. The Morgan fingerprint density at radius 2 is 2.08 bits per heavy atom. The fourth-order valence-corrected chi connectivity index (χ4v) is 1.06. The number of amides is 1. The first-order chi connectivity index (χ1) is 5.81. The first kappa shape index (κ1) is 11.8. The van der Waals surface area contributed by atoms with E-state index in [4.69, 9.17) is 11.6 Å². The number of carbonyl (C=O) groups excluding carboxylic acids is 1. The van der Waals surface area contributed by atoms with Gasteiger partial charge < -0.3 is 5.32 Å². The molecule has 0 saturated carbocycles. The number of hydrogen-bond acceptors (Lipinski definition) is 1. The van der Waals surface area contributed by atoms with Gasteiger partial charge in [-0.3, -0.25) is 4.79 Å². The summed E-state index contributed by atoms with van der Waals surface area (Å²) in [5.41, 5.74) is 0. The van der Waals surface area contributed by atoms with Crippen LogP contribution in [-0.2, 0) is 4.79 Å². The summed E-state index contributed by atoms with van der Waals surface area (Å²) in [6.07, 6.45) is 4.66. The smallest absolute Gasteiger partial charge is 0.219 e. The molecule has 0 aromatic carbocycles. The molecule has 0 spiro atoms. The zero-order valence-electron chi connectivity index (χ0n) is 7.74. The van der Waals surface area contributed by atoms with Gasteiger partial charge in [-0.05, 0) is 19.3 Å². The lowest BCUT2D eigenvalue weighted by Crippen LogP contribution is -2.23. The Morgan fingerprint density at radius 3 is 2.67 bits per heavy atom. The van der Waals surface area contributed by atoms with E-state index in [0.29, 0.717) is 12.3 Å². The molecule has 0 aliphatic heterocycles. The SMILES string of the molecule is CCCCNC(=O)CCCCCl. The molecule has 0 heterocycles. The van der Waals surface area contributed by atoms with Gasteiger partial charge >= 0.3 is 0 Å². The van der Waals surface area contributed by atoms with Gasteiger partial charge in [-0.15, -0.1) is 11.6 Å². The van der Waals surface area contributed by atoms with Crippen LogP contribution in [0.25, 0.3) is 0 Å². The maximum Gasteiger partial charge on any atom is 0.219 e. The van der Waals surface area contributed by atoms with Crippen LogP contribution in [0.4, 0.5) is 0 Å². The predicted molar refractivity (Wildman–Crippen MR) is 52.5 cm³/mol. The summed E-state index contributed by atoms with van der Waals surface area (Å²) in [4.78, 5) is 11.0. The lowest BCUT2D eigenvalue weighted by Gasteiger charge is -2.02. The predicted octanol–water partition coefficient (Wildman–Crippen LogP) is 2.31. The van der Waals surface area contributed by atoms with Crippen LogP contribution < -0.4 is 5.32 Å². The van der Waals surface area contributed by atoms with E-state index < -0.39 is 0 Å². The summed E-state index contributed by atoms with van der Waals surface area (Å²) in [6, 6.07) is 0. The van der Waals surface area contributed by atoms with Crippen molar-refractivity contribution in [3.8, 4) is 0 Å². The van der Waals surface area contributed by atoms with Gasteiger partial charge in [0.1, 0.15) is 0 Å². The highest BCUT2D eigenvalue weighted by atomic mass is 35.5. The van der Waals surface area contributed by atoms with Crippen LogP contribution in [0.15, 0.2) is 0 Å². The number of halogens is 1. The molecule has 0 aliphatic rings. The number of nitrogens with one attached hydrogen (secondary N) is 1. The van der Waals surface area contributed by atoms with Crippen molar-refractivity contribution in [1.29, 1.82) is 0 Å². The van der Waals surface area contributed by atoms with Crippen molar-refractivity contribution in [1.82, 2.24) is 5.32 Å². The second-order valence-electron chi connectivity index (χ2n) is 2.85. The van der Waals surface area contributed by atoms with E-state index in [0.717, 1.165) is 32.2 Å². The molecule has 0 aromatic heterocycles. The van der Waals surface area contributed by atoms with Crippen molar-refractivity contribution in [2.45, 2.75) is 39.0 Å². The van der Waals surface area contributed by atoms with Gasteiger partial charge in [-0.2, -0.15) is 0 Å². The third kappa shape index (κ3) is 7.86. The van der Waals surface area contributed by atoms with Crippen molar-refractivity contribution in [3.05, 3.63) is 0 Å². The summed E-state index contributed by atoms with van der Waals surface area (Å²) >= 11 is 5.48. The van der Waals surface area contributed by atoms with Crippen LogP contribution in [-0.4, -0.2) is 18.3 Å². The molecule has 0 radical (unpaired) electrons. The average molecular weight is 192 g/mol. The monoisotopic (exact) mass is 191 g/mol. The Hall–Kier alpha value is -0.240. The molecule has 72 valence electrons. The second-order valence-corrected chi connectivity index (χ2v) is 3.23. The minimum Gasteiger partial charge on any atom is -0.356 e. The summed E-state index contributed by atoms with van der Waals surface area (Å²) in [5.74, 6) is 0.816. The van der Waals surface area contributed by atoms with E-state index in [1.54, 1.807) is 0 Å². The molecule has 0 fully saturated rings. The fourth-order valence-electron chi connectivity index (χ4n) is 0.873. The van der Waals surface area contributed by atoms with E-state index in [1.165, 1.54) is 0 Å². The Bertz CT molecular complexity index is 105. The molecule has 1 amide bonds. The third-order valence-electron chi connectivity index (χ3n) is 1.64. The number of alkyl halides is 1. The van der Waals surface area contributed by atoms with Crippen molar-refractivity contribution < 1.29 is 4.79 Å². The maximum atomic E-state index is 11.0. The van der Waals surface area contributed by atoms with Gasteiger partial charge in [0.15, 0.2) is 0 Å². The number of hydrogen-bond donors (Lipinski definition) is 1. The van der Waals surface area contributed by atoms with Crippen molar-refractivity contribution in [2.75, 3.05) is 12.4 Å². The van der Waals surface area contributed by atoms with E-state index in [9.17, 15) is 4.79 Å². The summed E-state index contributed by atoms with van der Waals surface area (Å²) in [5, 5.41) is 2.86. The average Bonchev–Trinajstić information content (AvgIpc) is 2.06. The standard InChI is InChI=1S/C9H18ClNO/c1-2-3-8-11-9(12)6-4-5-7-10/h2-8H2,1H3,(H,11,12). The first-order valence-corrected chi connectivity index (χ1v) is 5.17. The Kier molecular flexibility index (Phi) is 8.68. The molecule has 2 nitrogen and oxygen atoms in total. The largest absolute Gasteiger partial charge is 0.356 e. The molecule has 0 aromatic rings. The van der Waals surface area contributed by atoms with Crippen LogP contribution in [0.2, 0.25) is 0 Å². The molecule has 0 saturated heterocycles. The number of unbranched alkanes of at least 4 members (excludes halogenated alkanes) is 2. The van der Waals surface area contributed by atoms with Crippen molar-refractivity contribution in [2.24, 2.45) is 0 Å². The molecule has 0 aliphatic carbocycles. The van der Waals surface area contributed by atoms with Crippen LogP contribution in [0.3, 0.4) is 0 Å². The highest BCUT2D eigenvalue weighted by molar-refractivity contribution is 6.17. The van der Waals surface area contributed by atoms with Crippen LogP contribution in [0.1, 0.15) is 39.0 Å². The molecule has 3 heteroatoms. The zero-order chi connectivity index (χ0) is 9.23. The Labute approximate surface area is 79.7 Å². The van der Waals surface area contributed by atoms with Gasteiger partial charge in [0.2, 0.25) is 5.91 Å². The molecule has 0 rings (SSSR count). The first-order valence-electron chi connectivity index (χ1n) is 4.64. The molecule has 0 bridgehead atoms. The minimum absolute atomic E-state index is 0.161. The van der Waals surface area contributed by atoms with Crippen molar-refractivity contribution >= 4 is 17.5 Å². The minimum atomic E-state index is 0.161. The van der Waals surface area contributed by atoms with Gasteiger partial charge in [-0.25, -0.2) is 0 Å². The Balaban J connectivity index is 3.10. The van der Waals surface area contributed by atoms with Gasteiger partial charge in [0, 0.05) is 18.8 Å². The second kappa shape index (κ2) is 8.85. The van der Waals surface area contributed by atoms with Crippen LogP contribution in [0, 0.1) is 0 Å². The van der Waals surface area contributed by atoms with Gasteiger partial charge in [0.05, 0.1) is 0 Å². The summed E-state index contributed by atoms with van der Waals surface area (Å²) in [7, 11) is 0. The third-order valence-corrected chi connectivity index (χ3v) is 1.91. The Morgan fingerprint density at radius 1 is 1.33 bits per heavy atom. The van der Waals surface area contributed by atoms with Crippen molar-refractivity contribution in [3.63, 3.8) is 0 Å². The highest BCUT2D eigenvalue weighted by Gasteiger charge is 1.98. The van der Waals surface area contributed by atoms with E-state index in [2.05, 4.69) is 12.2 Å². The lowest BCUT2D eigenvalue weighted by molar-refractivity contribution is -0.121. The van der Waals surface area contributed by atoms with Gasteiger partial charge in [-0.1, -0.05) is 13.3 Å². The molecular weight excluding hydrogens is 174 g/mol. The molecule has 12 heavy (non-hydrogen) atoms. The molecular formula is C9H18ClNO. The molecule has 0 unspecified atom stereocenters. The quantitative estimate of drug-likeness (QED) is 0.486. The van der Waals surface area contributed by atoms with E-state index in [-0.39, 0.29) is 5.91 Å². The summed E-state index contributed by atoms with van der Waals surface area (Å²) < 4.78 is 0. The zero-order valence-corrected chi connectivity index (χ0v) is 8.49. The van der Waals surface area contributed by atoms with E-state index in [1.807, 2.05) is 0 Å².